The lowest BCUT2D eigenvalue weighted by molar-refractivity contribution is 1.06. The second kappa shape index (κ2) is 1.74. The minimum absolute atomic E-state index is 0.220. The van der Waals surface area contributed by atoms with E-state index in [4.69, 9.17) is 7.98 Å². The lowest BCUT2D eigenvalue weighted by Gasteiger charge is -1.84. The van der Waals surface area contributed by atoms with Crippen LogP contribution in [0.3, 0.4) is 0 Å². The number of aryl methyl sites for hydroxylation is 1. The topological polar surface area (TPSA) is 34.9 Å². The summed E-state index contributed by atoms with van der Waals surface area (Å²) in [4.78, 5) is 10.2. The first-order valence-electron chi connectivity index (χ1n) is 2.02. The van der Waals surface area contributed by atoms with Gasteiger partial charge in [-0.3, -0.25) is 4.79 Å². The van der Waals surface area contributed by atoms with Crippen LogP contribution in [0.4, 0.5) is 0 Å². The van der Waals surface area contributed by atoms with Gasteiger partial charge in [0, 0.05) is 11.5 Å². The molecule has 1 rings (SSSR count). The molecule has 0 aromatic carbocycles. The van der Waals surface area contributed by atoms with Gasteiger partial charge in [-0.15, -0.1) is 0 Å². The fourth-order valence-electron chi connectivity index (χ4n) is 0.325. The quantitative estimate of drug-likeness (QED) is 0.441. The zero-order valence-electron chi connectivity index (χ0n) is 4.29. The van der Waals surface area contributed by atoms with Crippen molar-refractivity contribution in [3.8, 4) is 0 Å². The average Bonchev–Trinajstić information content (AvgIpc) is 1.98. The maximum atomic E-state index is 10.4. The predicted molar refractivity (Wildman–Crippen MR) is 32.3 cm³/mol. The van der Waals surface area contributed by atoms with Crippen molar-refractivity contribution in [1.82, 2.24) is 8.85 Å². The molecule has 5 heteroatoms. The zero-order valence-corrected chi connectivity index (χ0v) is 5.10. The summed E-state index contributed by atoms with van der Waals surface area (Å²) in [6, 6.07) is 0. The molecule has 0 amide bonds. The molecule has 1 aromatic rings. The van der Waals surface area contributed by atoms with E-state index in [9.17, 15) is 4.79 Å². The summed E-state index contributed by atoms with van der Waals surface area (Å²) in [5.41, 5.74) is 0. The molecule has 0 aliphatic rings. The van der Waals surface area contributed by atoms with Gasteiger partial charge in [0.25, 0.3) is 0 Å². The van der Waals surface area contributed by atoms with Crippen molar-refractivity contribution < 1.29 is 0 Å². The fourth-order valence-corrected chi connectivity index (χ4v) is 0.843. The summed E-state index contributed by atoms with van der Waals surface area (Å²) >= 11 is 0.863. The molecular weight excluding hydrogens is 123 g/mol. The van der Waals surface area contributed by atoms with Crippen LogP contribution in [0.25, 0.3) is 0 Å². The molecule has 8 heavy (non-hydrogen) atoms. The highest BCUT2D eigenvalue weighted by Gasteiger charge is 1.94. The molecule has 0 spiro atoms. The van der Waals surface area contributed by atoms with E-state index in [-0.39, 0.29) is 4.87 Å². The van der Waals surface area contributed by atoms with E-state index in [1.54, 1.807) is 6.92 Å². The summed E-state index contributed by atoms with van der Waals surface area (Å²) < 4.78 is 4.70. The van der Waals surface area contributed by atoms with Gasteiger partial charge in [-0.25, -0.2) is 0 Å². The molecule has 0 atom stereocenters. The van der Waals surface area contributed by atoms with Gasteiger partial charge in [-0.05, 0) is 6.92 Å². The van der Waals surface area contributed by atoms with Gasteiger partial charge in [0.05, 0.1) is 0 Å². The molecule has 0 N–H and O–H groups in total. The minimum atomic E-state index is -0.220. The van der Waals surface area contributed by atoms with E-state index in [1.807, 2.05) is 0 Å². The first-order valence-corrected chi connectivity index (χ1v) is 2.79. The Morgan fingerprint density at radius 3 is 2.62 bits per heavy atom. The highest BCUT2D eigenvalue weighted by molar-refractivity contribution is 7.03. The third kappa shape index (κ3) is 0.688. The molecule has 3 nitrogen and oxygen atoms in total. The Kier molecular flexibility index (Phi) is 1.21. The Morgan fingerprint density at radius 1 is 1.88 bits per heavy atom. The van der Waals surface area contributed by atoms with Gasteiger partial charge in [0.1, 0.15) is 5.82 Å². The molecule has 1 heterocycles. The van der Waals surface area contributed by atoms with Crippen LogP contribution in [0.15, 0.2) is 4.79 Å². The number of hydrogen-bond donors (Lipinski definition) is 0. The van der Waals surface area contributed by atoms with Gasteiger partial charge in [0.2, 0.25) is 7.98 Å². The Bertz CT molecular complexity index is 240. The van der Waals surface area contributed by atoms with E-state index in [0.29, 0.717) is 5.82 Å². The smallest absolute Gasteiger partial charge is 0.312 e. The van der Waals surface area contributed by atoms with Crippen molar-refractivity contribution >= 4 is 19.5 Å². The molecule has 2 radical (unpaired) electrons. The largest absolute Gasteiger partial charge is 0.344 e. The second-order valence-corrected chi connectivity index (χ2v) is 2.08. The van der Waals surface area contributed by atoms with E-state index < -0.39 is 0 Å². The van der Waals surface area contributed by atoms with Crippen LogP contribution in [0.5, 0.6) is 0 Å². The molecule has 0 saturated carbocycles. The van der Waals surface area contributed by atoms with Crippen molar-refractivity contribution in [3.05, 3.63) is 15.5 Å². The normalized spacial score (nSPS) is 9.62. The summed E-state index contributed by atoms with van der Waals surface area (Å²) in [6.07, 6.45) is 0. The first kappa shape index (κ1) is 5.56. The van der Waals surface area contributed by atoms with Crippen LogP contribution in [-0.4, -0.2) is 16.8 Å². The van der Waals surface area contributed by atoms with Crippen LogP contribution in [-0.2, 0) is 0 Å². The molecule has 0 aliphatic heterocycles. The van der Waals surface area contributed by atoms with Crippen LogP contribution in [0.2, 0.25) is 0 Å². The van der Waals surface area contributed by atoms with E-state index >= 15 is 0 Å². The molecule has 40 valence electrons. The number of nitrogens with zero attached hydrogens (tertiary/aromatic N) is 2. The standard InChI is InChI=1S/C3H3BN2OS/c1-2-5-8-3(7)6(2)4/h1H3. The summed E-state index contributed by atoms with van der Waals surface area (Å²) in [5, 5.41) is 0. The molecule has 0 bridgehead atoms. The number of hydrogen-bond acceptors (Lipinski definition) is 3. The third-order valence-electron chi connectivity index (χ3n) is 0.801. The van der Waals surface area contributed by atoms with Crippen molar-refractivity contribution in [2.45, 2.75) is 6.92 Å². The molecule has 1 aromatic heterocycles. The van der Waals surface area contributed by atoms with Gasteiger partial charge >= 0.3 is 4.87 Å². The highest BCUT2D eigenvalue weighted by Crippen LogP contribution is 1.85. The van der Waals surface area contributed by atoms with Crippen molar-refractivity contribution in [2.75, 3.05) is 0 Å². The summed E-state index contributed by atoms with van der Waals surface area (Å²) in [6.45, 7) is 1.68. The van der Waals surface area contributed by atoms with Gasteiger partial charge < -0.3 is 4.48 Å². The van der Waals surface area contributed by atoms with Crippen molar-refractivity contribution in [2.24, 2.45) is 0 Å². The number of aromatic nitrogens is 2. The van der Waals surface area contributed by atoms with Crippen LogP contribution in [0.1, 0.15) is 5.82 Å². The second-order valence-electron chi connectivity index (χ2n) is 1.37. The maximum Gasteiger partial charge on any atom is 0.312 e. The first-order chi connectivity index (χ1) is 3.72. The lowest BCUT2D eigenvalue weighted by atomic mass is 10.4. The van der Waals surface area contributed by atoms with E-state index in [0.717, 1.165) is 16.0 Å². The van der Waals surface area contributed by atoms with Gasteiger partial charge in [-0.2, -0.15) is 4.37 Å². The van der Waals surface area contributed by atoms with Crippen molar-refractivity contribution in [1.29, 1.82) is 0 Å². The lowest BCUT2D eigenvalue weighted by Crippen LogP contribution is -2.10. The molecule has 0 fully saturated rings. The summed E-state index contributed by atoms with van der Waals surface area (Å²) in [5.74, 6) is 0.556. The van der Waals surface area contributed by atoms with Crippen LogP contribution in [0, 0.1) is 6.92 Å². The average molecular weight is 126 g/mol. The van der Waals surface area contributed by atoms with Crippen molar-refractivity contribution in [3.63, 3.8) is 0 Å². The minimum Gasteiger partial charge on any atom is -0.344 e. The fraction of sp³-hybridized carbons (Fsp3) is 0.333. The molecule has 0 unspecified atom stereocenters. The Labute approximate surface area is 51.6 Å². The monoisotopic (exact) mass is 126 g/mol. The molecular formula is C3H3BN2OS. The number of rotatable bonds is 0. The molecule has 0 aliphatic carbocycles. The molecule has 0 saturated heterocycles. The Balaban J connectivity index is 3.41. The van der Waals surface area contributed by atoms with Crippen LogP contribution >= 0.6 is 11.5 Å². The van der Waals surface area contributed by atoms with Gasteiger partial charge in [-0.1, -0.05) is 0 Å². The summed E-state index contributed by atoms with van der Waals surface area (Å²) in [7, 11) is 5.15. The zero-order chi connectivity index (χ0) is 6.15. The van der Waals surface area contributed by atoms with E-state index in [1.165, 1.54) is 0 Å². The highest BCUT2D eigenvalue weighted by atomic mass is 32.1. The van der Waals surface area contributed by atoms with E-state index in [2.05, 4.69) is 4.37 Å². The Hall–Kier alpha value is -0.575. The Morgan fingerprint density at radius 2 is 2.50 bits per heavy atom. The van der Waals surface area contributed by atoms with Crippen LogP contribution < -0.4 is 4.87 Å². The van der Waals surface area contributed by atoms with Gasteiger partial charge in [0.15, 0.2) is 0 Å². The maximum absolute atomic E-state index is 10.4. The SMILES string of the molecule is [B]n1c(C)nsc1=O. The predicted octanol–water partition coefficient (Wildman–Crippen LogP) is -0.455. The third-order valence-corrected chi connectivity index (χ3v) is 1.51.